The van der Waals surface area contributed by atoms with Gasteiger partial charge in [0.25, 0.3) is 5.69 Å². The third kappa shape index (κ3) is 3.94. The van der Waals surface area contributed by atoms with Gasteiger partial charge in [0, 0.05) is 12.1 Å². The average molecular weight is 350 g/mol. The Morgan fingerprint density at radius 1 is 0.923 bits per heavy atom. The van der Waals surface area contributed by atoms with Crippen LogP contribution in [0.1, 0.15) is 5.56 Å². The Balaban J connectivity index is 1.94. The quantitative estimate of drug-likeness (QED) is 0.467. The Morgan fingerprint density at radius 2 is 1.65 bits per heavy atom. The second-order valence-electron chi connectivity index (χ2n) is 5.19. The van der Waals surface area contributed by atoms with Crippen molar-refractivity contribution in [1.29, 1.82) is 5.26 Å². The number of nitriles is 1. The Kier molecular flexibility index (Phi) is 4.76. The maximum absolute atomic E-state index is 13.0. The number of nitro groups is 1. The number of ether oxygens (including phenoxy) is 2. The van der Waals surface area contributed by atoms with Crippen LogP contribution in [0.5, 0.6) is 23.0 Å². The largest absolute Gasteiger partial charge is 0.453 e. The molecule has 0 aliphatic heterocycles. The van der Waals surface area contributed by atoms with Crippen molar-refractivity contribution in [2.45, 2.75) is 0 Å². The van der Waals surface area contributed by atoms with E-state index in [1.165, 1.54) is 54.6 Å². The number of non-ortho nitro benzene ring substituents is 1. The number of nitrogens with zero attached hydrogens (tertiary/aromatic N) is 2. The number of nitro benzene ring substituents is 1. The Morgan fingerprint density at radius 3 is 2.35 bits per heavy atom. The molecule has 3 rings (SSSR count). The fourth-order valence-electron chi connectivity index (χ4n) is 2.16. The molecule has 26 heavy (non-hydrogen) atoms. The van der Waals surface area contributed by atoms with Crippen LogP contribution in [0.4, 0.5) is 10.1 Å². The predicted octanol–water partition coefficient (Wildman–Crippen LogP) is 5.19. The predicted molar refractivity (Wildman–Crippen MR) is 90.8 cm³/mol. The molecule has 0 unspecified atom stereocenters. The third-order valence-electron chi connectivity index (χ3n) is 3.37. The van der Waals surface area contributed by atoms with Crippen LogP contribution in [0.3, 0.4) is 0 Å². The first-order valence-corrected chi connectivity index (χ1v) is 7.45. The van der Waals surface area contributed by atoms with Gasteiger partial charge in [0.2, 0.25) is 0 Å². The molecule has 0 aliphatic rings. The summed E-state index contributed by atoms with van der Waals surface area (Å²) in [6, 6.07) is 17.6. The van der Waals surface area contributed by atoms with Crippen LogP contribution in [0, 0.1) is 27.3 Å². The lowest BCUT2D eigenvalue weighted by Gasteiger charge is -2.12. The summed E-state index contributed by atoms with van der Waals surface area (Å²) in [6.07, 6.45) is 0. The second-order valence-corrected chi connectivity index (χ2v) is 5.19. The van der Waals surface area contributed by atoms with Crippen LogP contribution in [0.15, 0.2) is 66.7 Å². The highest BCUT2D eigenvalue weighted by molar-refractivity contribution is 5.51. The molecule has 3 aromatic rings. The standard InChI is InChI=1S/C19H11FN2O4/c20-14-5-7-16(8-6-14)25-18-9-4-13(12-21)10-19(18)26-17-3-1-2-15(11-17)22(23)24/h1-11H. The van der Waals surface area contributed by atoms with E-state index < -0.39 is 10.7 Å². The van der Waals surface area contributed by atoms with E-state index in [1.807, 2.05) is 6.07 Å². The molecule has 3 aromatic carbocycles. The summed E-state index contributed by atoms with van der Waals surface area (Å²) < 4.78 is 24.4. The molecule has 0 amide bonds. The minimum absolute atomic E-state index is 0.125. The maximum Gasteiger partial charge on any atom is 0.273 e. The van der Waals surface area contributed by atoms with Crippen LogP contribution in [-0.4, -0.2) is 4.92 Å². The topological polar surface area (TPSA) is 85.4 Å². The molecule has 0 saturated carbocycles. The van der Waals surface area contributed by atoms with Crippen molar-refractivity contribution in [3.8, 4) is 29.1 Å². The van der Waals surface area contributed by atoms with Gasteiger partial charge in [0.05, 0.1) is 22.6 Å². The summed E-state index contributed by atoms with van der Waals surface area (Å²) in [7, 11) is 0. The average Bonchev–Trinajstić information content (AvgIpc) is 2.65. The zero-order chi connectivity index (χ0) is 18.5. The number of rotatable bonds is 5. The number of benzene rings is 3. The van der Waals surface area contributed by atoms with Crippen molar-refractivity contribution in [2.24, 2.45) is 0 Å². The van der Waals surface area contributed by atoms with Gasteiger partial charge in [-0.05, 0) is 42.5 Å². The molecular formula is C19H11FN2O4. The summed E-state index contributed by atoms with van der Waals surface area (Å²) in [6.45, 7) is 0. The molecule has 0 atom stereocenters. The molecule has 6 nitrogen and oxygen atoms in total. The molecule has 0 radical (unpaired) electrons. The Bertz CT molecular complexity index is 997. The van der Waals surface area contributed by atoms with E-state index in [1.54, 1.807) is 12.1 Å². The summed E-state index contributed by atoms with van der Waals surface area (Å²) in [5, 5.41) is 20.0. The van der Waals surface area contributed by atoms with E-state index in [-0.39, 0.29) is 22.9 Å². The highest BCUT2D eigenvalue weighted by Gasteiger charge is 2.12. The third-order valence-corrected chi connectivity index (χ3v) is 3.37. The molecule has 0 aromatic heterocycles. The van der Waals surface area contributed by atoms with Gasteiger partial charge in [0.1, 0.15) is 17.3 Å². The molecule has 0 fully saturated rings. The number of halogens is 1. The van der Waals surface area contributed by atoms with Gasteiger partial charge in [-0.25, -0.2) is 4.39 Å². The first kappa shape index (κ1) is 16.9. The molecule has 7 heteroatoms. The SMILES string of the molecule is N#Cc1ccc(Oc2ccc(F)cc2)c(Oc2cccc([N+](=O)[O-])c2)c1. The summed E-state index contributed by atoms with van der Waals surface area (Å²) in [5.41, 5.74) is 0.205. The Labute approximate surface area is 147 Å². The van der Waals surface area contributed by atoms with Crippen molar-refractivity contribution >= 4 is 5.69 Å². The lowest BCUT2D eigenvalue weighted by Crippen LogP contribution is -1.93. The van der Waals surface area contributed by atoms with E-state index in [2.05, 4.69) is 0 Å². The molecule has 0 spiro atoms. The fraction of sp³-hybridized carbons (Fsp3) is 0. The van der Waals surface area contributed by atoms with Gasteiger partial charge in [-0.2, -0.15) is 5.26 Å². The smallest absolute Gasteiger partial charge is 0.273 e. The van der Waals surface area contributed by atoms with Crippen molar-refractivity contribution in [1.82, 2.24) is 0 Å². The van der Waals surface area contributed by atoms with Crippen LogP contribution >= 0.6 is 0 Å². The van der Waals surface area contributed by atoms with E-state index >= 15 is 0 Å². The lowest BCUT2D eigenvalue weighted by atomic mass is 10.2. The summed E-state index contributed by atoms with van der Waals surface area (Å²) >= 11 is 0. The fourth-order valence-corrected chi connectivity index (χ4v) is 2.16. The van der Waals surface area contributed by atoms with E-state index in [0.717, 1.165) is 0 Å². The zero-order valence-corrected chi connectivity index (χ0v) is 13.3. The van der Waals surface area contributed by atoms with Gasteiger partial charge in [-0.1, -0.05) is 6.07 Å². The van der Waals surface area contributed by atoms with Gasteiger partial charge >= 0.3 is 0 Å². The van der Waals surface area contributed by atoms with E-state index in [0.29, 0.717) is 11.3 Å². The van der Waals surface area contributed by atoms with Crippen LogP contribution in [-0.2, 0) is 0 Å². The minimum atomic E-state index is -0.533. The molecule has 0 heterocycles. The normalized spacial score (nSPS) is 10.0. The number of hydrogen-bond donors (Lipinski definition) is 0. The van der Waals surface area contributed by atoms with E-state index in [9.17, 15) is 14.5 Å². The molecule has 0 bridgehead atoms. The van der Waals surface area contributed by atoms with E-state index in [4.69, 9.17) is 14.7 Å². The van der Waals surface area contributed by atoms with Gasteiger partial charge in [-0.3, -0.25) is 10.1 Å². The second kappa shape index (κ2) is 7.32. The first-order chi connectivity index (χ1) is 12.5. The van der Waals surface area contributed by atoms with Gasteiger partial charge in [0.15, 0.2) is 11.5 Å². The molecule has 0 saturated heterocycles. The summed E-state index contributed by atoms with van der Waals surface area (Å²) in [5.74, 6) is 0.680. The monoisotopic (exact) mass is 350 g/mol. The van der Waals surface area contributed by atoms with Gasteiger partial charge in [-0.15, -0.1) is 0 Å². The lowest BCUT2D eigenvalue weighted by molar-refractivity contribution is -0.384. The maximum atomic E-state index is 13.0. The molecule has 128 valence electrons. The first-order valence-electron chi connectivity index (χ1n) is 7.45. The van der Waals surface area contributed by atoms with Gasteiger partial charge < -0.3 is 9.47 Å². The minimum Gasteiger partial charge on any atom is -0.453 e. The van der Waals surface area contributed by atoms with Crippen molar-refractivity contribution in [3.63, 3.8) is 0 Å². The van der Waals surface area contributed by atoms with Crippen LogP contribution in [0.2, 0.25) is 0 Å². The number of hydrogen-bond acceptors (Lipinski definition) is 5. The Hall–Kier alpha value is -3.92. The van der Waals surface area contributed by atoms with Crippen LogP contribution < -0.4 is 9.47 Å². The molecular weight excluding hydrogens is 339 g/mol. The van der Waals surface area contributed by atoms with Crippen molar-refractivity contribution in [3.05, 3.63) is 88.2 Å². The van der Waals surface area contributed by atoms with Crippen molar-refractivity contribution < 1.29 is 18.8 Å². The van der Waals surface area contributed by atoms with Crippen molar-refractivity contribution in [2.75, 3.05) is 0 Å². The summed E-state index contributed by atoms with van der Waals surface area (Å²) in [4.78, 5) is 10.4. The molecule has 0 aliphatic carbocycles. The molecule has 0 N–H and O–H groups in total. The zero-order valence-electron chi connectivity index (χ0n) is 13.3. The van der Waals surface area contributed by atoms with Crippen LogP contribution in [0.25, 0.3) is 0 Å². The highest BCUT2D eigenvalue weighted by atomic mass is 19.1. The highest BCUT2D eigenvalue weighted by Crippen LogP contribution is 2.36.